The van der Waals surface area contributed by atoms with Crippen molar-refractivity contribution < 1.29 is 24.2 Å². The molecule has 1 unspecified atom stereocenters. The third-order valence-electron chi connectivity index (χ3n) is 14.1. The zero-order valence-corrected chi connectivity index (χ0v) is 50.0. The summed E-state index contributed by atoms with van der Waals surface area (Å²) >= 11 is 0. The summed E-state index contributed by atoms with van der Waals surface area (Å²) in [5, 5.41) is 9.69. The van der Waals surface area contributed by atoms with Crippen LogP contribution in [0.4, 0.5) is 0 Å². The van der Waals surface area contributed by atoms with Gasteiger partial charge in [-0.15, -0.1) is 0 Å². The number of unbranched alkanes of at least 4 members (excludes halogenated alkanes) is 33. The topological polar surface area (TPSA) is 72.8 Å². The van der Waals surface area contributed by atoms with Gasteiger partial charge in [-0.3, -0.25) is 9.59 Å². The molecule has 0 rings (SSSR count). The molecule has 0 saturated heterocycles. The number of aliphatic hydroxyl groups is 1. The van der Waals surface area contributed by atoms with Crippen LogP contribution < -0.4 is 0 Å². The smallest absolute Gasteiger partial charge is 0.306 e. The standard InChI is InChI=1S/C71H122O5/c1-3-5-7-9-11-13-15-17-19-21-23-25-27-29-30-31-32-33-34-35-36-37-38-39-40-42-44-46-48-50-52-54-56-58-60-62-64-66-71(74)76-69(67-72)68-75-70(73)65-63-61-59-57-55-53-51-49-47-45-43-41-28-26-24-22-20-18-16-14-12-10-8-6-4-2/h5,7,11,13,16-19,22-25,29-30,32-33,35-36,69,72H,3-4,6,8-10,12,14-15,20-21,26-28,31,34,37-68H2,1-2H3/b7-5-,13-11-,18-16-,19-17-,24-22-,25-23-,30-29-,33-32-,36-35-. The van der Waals surface area contributed by atoms with Crippen molar-refractivity contribution in [3.63, 3.8) is 0 Å². The van der Waals surface area contributed by atoms with Gasteiger partial charge in [0.05, 0.1) is 6.61 Å². The highest BCUT2D eigenvalue weighted by Gasteiger charge is 2.16. The minimum atomic E-state index is -0.778. The molecular weight excluding hydrogens is 933 g/mol. The molecule has 1 N–H and O–H groups in total. The zero-order chi connectivity index (χ0) is 54.8. The highest BCUT2D eigenvalue weighted by Crippen LogP contribution is 2.17. The first-order chi connectivity index (χ1) is 37.6. The van der Waals surface area contributed by atoms with Crippen LogP contribution in [0.15, 0.2) is 109 Å². The number of hydrogen-bond acceptors (Lipinski definition) is 5. The summed E-state index contributed by atoms with van der Waals surface area (Å²) in [6.45, 7) is 4.04. The highest BCUT2D eigenvalue weighted by atomic mass is 16.6. The van der Waals surface area contributed by atoms with Crippen molar-refractivity contribution in [2.75, 3.05) is 13.2 Å². The number of carbonyl (C=O) groups is 2. The van der Waals surface area contributed by atoms with Gasteiger partial charge in [0.2, 0.25) is 0 Å². The van der Waals surface area contributed by atoms with E-state index in [0.29, 0.717) is 12.8 Å². The van der Waals surface area contributed by atoms with E-state index in [4.69, 9.17) is 9.47 Å². The first-order valence-corrected chi connectivity index (χ1v) is 32.4. The number of esters is 2. The second kappa shape index (κ2) is 65.8. The van der Waals surface area contributed by atoms with Crippen molar-refractivity contribution in [2.45, 2.75) is 315 Å². The van der Waals surface area contributed by atoms with Crippen molar-refractivity contribution in [1.29, 1.82) is 0 Å². The molecule has 76 heavy (non-hydrogen) atoms. The van der Waals surface area contributed by atoms with Crippen LogP contribution in [0.1, 0.15) is 309 Å². The van der Waals surface area contributed by atoms with E-state index in [-0.39, 0.29) is 25.2 Å². The van der Waals surface area contributed by atoms with Gasteiger partial charge in [0.25, 0.3) is 0 Å². The van der Waals surface area contributed by atoms with Gasteiger partial charge < -0.3 is 14.6 Å². The lowest BCUT2D eigenvalue weighted by Gasteiger charge is -2.15. The molecule has 0 bridgehead atoms. The largest absolute Gasteiger partial charge is 0.462 e. The average molecular weight is 1060 g/mol. The zero-order valence-electron chi connectivity index (χ0n) is 50.0. The number of rotatable bonds is 59. The SMILES string of the molecule is CC/C=C\C/C=C\C/C=C\C/C=C\C/C=C\C/C=C\C/C=C\CCCCCCCCCCCCCCCCCC(=O)OC(CO)COC(=O)CCCCCCCCCCCCCCC/C=C\C/C=C\CCCCCCC. The third-order valence-corrected chi connectivity index (χ3v) is 14.1. The van der Waals surface area contributed by atoms with E-state index in [1.54, 1.807) is 0 Å². The Kier molecular flexibility index (Phi) is 62.9. The highest BCUT2D eigenvalue weighted by molar-refractivity contribution is 5.70. The maximum absolute atomic E-state index is 12.3. The van der Waals surface area contributed by atoms with Gasteiger partial charge >= 0.3 is 11.9 Å². The number of allylic oxidation sites excluding steroid dienone is 18. The van der Waals surface area contributed by atoms with E-state index in [2.05, 4.69) is 123 Å². The second-order valence-corrected chi connectivity index (χ2v) is 21.5. The molecule has 0 heterocycles. The van der Waals surface area contributed by atoms with Gasteiger partial charge in [0.15, 0.2) is 6.10 Å². The second-order valence-electron chi connectivity index (χ2n) is 21.5. The van der Waals surface area contributed by atoms with Gasteiger partial charge in [-0.25, -0.2) is 0 Å². The number of hydrogen-bond donors (Lipinski definition) is 1. The van der Waals surface area contributed by atoms with Gasteiger partial charge in [0, 0.05) is 12.8 Å². The average Bonchev–Trinajstić information content (AvgIpc) is 3.42. The van der Waals surface area contributed by atoms with Crippen molar-refractivity contribution >= 4 is 11.9 Å². The van der Waals surface area contributed by atoms with Gasteiger partial charge in [-0.1, -0.05) is 303 Å². The van der Waals surface area contributed by atoms with Crippen LogP contribution in [-0.2, 0) is 19.1 Å². The van der Waals surface area contributed by atoms with Crippen LogP contribution in [0, 0.1) is 0 Å². The van der Waals surface area contributed by atoms with Crippen LogP contribution in [0.3, 0.4) is 0 Å². The van der Waals surface area contributed by atoms with E-state index >= 15 is 0 Å². The molecule has 0 aliphatic rings. The maximum atomic E-state index is 12.3. The summed E-state index contributed by atoms with van der Waals surface area (Å²) in [5.41, 5.74) is 0. The molecule has 0 aliphatic heterocycles. The van der Waals surface area contributed by atoms with Crippen LogP contribution in [0.25, 0.3) is 0 Å². The fraction of sp³-hybridized carbons (Fsp3) is 0.718. The molecule has 1 atom stereocenters. The number of carbonyl (C=O) groups excluding carboxylic acids is 2. The Labute approximate surface area is 471 Å². The Balaban J connectivity index is 3.49. The van der Waals surface area contributed by atoms with E-state index in [1.165, 1.54) is 193 Å². The summed E-state index contributed by atoms with van der Waals surface area (Å²) in [4.78, 5) is 24.6. The molecular formula is C71H122O5. The van der Waals surface area contributed by atoms with Gasteiger partial charge in [-0.2, -0.15) is 0 Å². The molecule has 0 amide bonds. The van der Waals surface area contributed by atoms with E-state index < -0.39 is 6.10 Å². The van der Waals surface area contributed by atoms with Gasteiger partial charge in [-0.05, 0) is 103 Å². The number of ether oxygens (including phenoxy) is 2. The van der Waals surface area contributed by atoms with E-state index in [9.17, 15) is 14.7 Å². The molecule has 436 valence electrons. The monoisotopic (exact) mass is 1050 g/mol. The molecule has 0 aromatic heterocycles. The van der Waals surface area contributed by atoms with Crippen LogP contribution in [0.5, 0.6) is 0 Å². The third kappa shape index (κ3) is 63.1. The molecule has 0 spiro atoms. The normalized spacial score (nSPS) is 12.9. The molecule has 5 heteroatoms. The first kappa shape index (κ1) is 72.6. The van der Waals surface area contributed by atoms with Crippen molar-refractivity contribution in [2.24, 2.45) is 0 Å². The van der Waals surface area contributed by atoms with Crippen LogP contribution >= 0.6 is 0 Å². The van der Waals surface area contributed by atoms with E-state index in [0.717, 1.165) is 89.9 Å². The predicted molar refractivity (Wildman–Crippen MR) is 334 cm³/mol. The molecule has 0 aromatic carbocycles. The predicted octanol–water partition coefficient (Wildman–Crippen LogP) is 22.4. The fourth-order valence-electron chi connectivity index (χ4n) is 9.22. The molecule has 0 aromatic rings. The summed E-state index contributed by atoms with van der Waals surface area (Å²) in [6.07, 6.45) is 95.2. The summed E-state index contributed by atoms with van der Waals surface area (Å²) < 4.78 is 10.7. The Bertz CT molecular complexity index is 1470. The van der Waals surface area contributed by atoms with Crippen LogP contribution in [0.2, 0.25) is 0 Å². The summed E-state index contributed by atoms with van der Waals surface area (Å²) in [5.74, 6) is -0.584. The van der Waals surface area contributed by atoms with Crippen LogP contribution in [-0.4, -0.2) is 36.4 Å². The fourth-order valence-corrected chi connectivity index (χ4v) is 9.22. The lowest BCUT2D eigenvalue weighted by molar-refractivity contribution is -0.161. The lowest BCUT2D eigenvalue weighted by Crippen LogP contribution is -2.28. The molecule has 0 fully saturated rings. The van der Waals surface area contributed by atoms with Crippen molar-refractivity contribution in [3.8, 4) is 0 Å². The molecule has 0 aliphatic carbocycles. The summed E-state index contributed by atoms with van der Waals surface area (Å²) in [7, 11) is 0. The molecule has 0 radical (unpaired) electrons. The minimum Gasteiger partial charge on any atom is -0.462 e. The Morgan fingerprint density at radius 3 is 0.855 bits per heavy atom. The van der Waals surface area contributed by atoms with E-state index in [1.807, 2.05) is 0 Å². The van der Waals surface area contributed by atoms with Crippen molar-refractivity contribution in [3.05, 3.63) is 109 Å². The Morgan fingerprint density at radius 1 is 0.316 bits per heavy atom. The first-order valence-electron chi connectivity index (χ1n) is 32.4. The summed E-state index contributed by atoms with van der Waals surface area (Å²) in [6, 6.07) is 0. The Morgan fingerprint density at radius 2 is 0.566 bits per heavy atom. The maximum Gasteiger partial charge on any atom is 0.306 e. The lowest BCUT2D eigenvalue weighted by atomic mass is 10.0. The van der Waals surface area contributed by atoms with Crippen molar-refractivity contribution in [1.82, 2.24) is 0 Å². The minimum absolute atomic E-state index is 0.0679. The molecule has 0 saturated carbocycles. The molecule has 5 nitrogen and oxygen atoms in total. The Hall–Kier alpha value is -3.44. The quantitative estimate of drug-likeness (QED) is 0.0373. The van der Waals surface area contributed by atoms with Gasteiger partial charge in [0.1, 0.15) is 6.61 Å². The number of aliphatic hydroxyl groups excluding tert-OH is 1.